The molecule has 0 atom stereocenters. The summed E-state index contributed by atoms with van der Waals surface area (Å²) in [5, 5.41) is 1.17. The van der Waals surface area contributed by atoms with E-state index in [-0.39, 0.29) is 0 Å². The van der Waals surface area contributed by atoms with Crippen LogP contribution in [-0.4, -0.2) is 11.5 Å². The predicted octanol–water partition coefficient (Wildman–Crippen LogP) is 3.46. The lowest BCUT2D eigenvalue weighted by molar-refractivity contribution is 0.826. The van der Waals surface area contributed by atoms with E-state index in [9.17, 15) is 0 Å². The number of rotatable bonds is 4. The lowest BCUT2D eigenvalue weighted by atomic mass is 10.2. The van der Waals surface area contributed by atoms with Crippen LogP contribution < -0.4 is 5.73 Å². The zero-order valence-electron chi connectivity index (χ0n) is 8.82. The normalized spacial score (nSPS) is 10.6. The Morgan fingerprint density at radius 2 is 2.00 bits per heavy atom. The van der Waals surface area contributed by atoms with Crippen molar-refractivity contribution in [3.05, 3.63) is 39.9 Å². The summed E-state index contributed by atoms with van der Waals surface area (Å²) >= 11 is 5.18. The van der Waals surface area contributed by atoms with Crippen LogP contribution in [-0.2, 0) is 6.42 Å². The van der Waals surface area contributed by atoms with E-state index in [4.69, 9.17) is 5.73 Å². The van der Waals surface area contributed by atoms with Crippen molar-refractivity contribution in [3.63, 3.8) is 0 Å². The van der Waals surface area contributed by atoms with Crippen molar-refractivity contribution >= 4 is 27.3 Å². The number of aromatic nitrogens is 1. The van der Waals surface area contributed by atoms with E-state index in [1.807, 2.05) is 6.20 Å². The third-order valence-corrected chi connectivity index (χ3v) is 3.91. The standard InChI is InChI=1S/C12H13BrN2S/c13-10-5-3-9(4-6-10)11-8-15-12(16-11)2-1-7-14/h3-6,8H,1-2,7,14H2. The molecule has 1 aromatic carbocycles. The average molecular weight is 297 g/mol. The maximum atomic E-state index is 5.48. The fourth-order valence-corrected chi connectivity index (χ4v) is 2.66. The van der Waals surface area contributed by atoms with Crippen LogP contribution in [0.3, 0.4) is 0 Å². The van der Waals surface area contributed by atoms with Crippen LogP contribution in [0.25, 0.3) is 10.4 Å². The van der Waals surface area contributed by atoms with Crippen molar-refractivity contribution in [1.82, 2.24) is 4.98 Å². The van der Waals surface area contributed by atoms with Gasteiger partial charge >= 0.3 is 0 Å². The van der Waals surface area contributed by atoms with Gasteiger partial charge in [0.1, 0.15) is 0 Å². The molecule has 0 saturated heterocycles. The van der Waals surface area contributed by atoms with Crippen LogP contribution in [0.1, 0.15) is 11.4 Å². The highest BCUT2D eigenvalue weighted by molar-refractivity contribution is 9.10. The lowest BCUT2D eigenvalue weighted by Gasteiger charge is -1.96. The third kappa shape index (κ3) is 2.90. The Morgan fingerprint density at radius 3 is 2.69 bits per heavy atom. The molecule has 16 heavy (non-hydrogen) atoms. The van der Waals surface area contributed by atoms with Crippen molar-refractivity contribution in [2.45, 2.75) is 12.8 Å². The predicted molar refractivity (Wildman–Crippen MR) is 72.6 cm³/mol. The number of thiazole rings is 1. The summed E-state index contributed by atoms with van der Waals surface area (Å²) in [5.74, 6) is 0. The molecule has 4 heteroatoms. The van der Waals surface area contributed by atoms with Crippen molar-refractivity contribution in [1.29, 1.82) is 0 Å². The number of nitrogens with two attached hydrogens (primary N) is 1. The van der Waals surface area contributed by atoms with Crippen LogP contribution >= 0.6 is 27.3 Å². The van der Waals surface area contributed by atoms with E-state index < -0.39 is 0 Å². The largest absolute Gasteiger partial charge is 0.330 e. The first kappa shape index (κ1) is 11.8. The second kappa shape index (κ2) is 5.57. The number of hydrogen-bond acceptors (Lipinski definition) is 3. The average Bonchev–Trinajstić information content (AvgIpc) is 2.76. The Hall–Kier alpha value is -0.710. The second-order valence-electron chi connectivity index (χ2n) is 3.52. The van der Waals surface area contributed by atoms with Gasteiger partial charge in [-0.2, -0.15) is 0 Å². The topological polar surface area (TPSA) is 38.9 Å². The minimum Gasteiger partial charge on any atom is -0.330 e. The Morgan fingerprint density at radius 1 is 1.25 bits per heavy atom. The molecule has 0 bridgehead atoms. The van der Waals surface area contributed by atoms with E-state index in [2.05, 4.69) is 45.2 Å². The summed E-state index contributed by atoms with van der Waals surface area (Å²) < 4.78 is 1.10. The fraction of sp³-hybridized carbons (Fsp3) is 0.250. The Balaban J connectivity index is 2.15. The highest BCUT2D eigenvalue weighted by Crippen LogP contribution is 2.27. The van der Waals surface area contributed by atoms with Gasteiger partial charge in [-0.3, -0.25) is 0 Å². The molecule has 0 spiro atoms. The molecule has 0 unspecified atom stereocenters. The van der Waals surface area contributed by atoms with Gasteiger partial charge in [-0.05, 0) is 30.7 Å². The summed E-state index contributed by atoms with van der Waals surface area (Å²) in [7, 11) is 0. The zero-order valence-corrected chi connectivity index (χ0v) is 11.2. The molecular formula is C12H13BrN2S. The van der Waals surface area contributed by atoms with Gasteiger partial charge in [0.25, 0.3) is 0 Å². The maximum absolute atomic E-state index is 5.48. The molecule has 0 fully saturated rings. The molecule has 0 aliphatic carbocycles. The van der Waals surface area contributed by atoms with Crippen molar-refractivity contribution in [2.24, 2.45) is 5.73 Å². The number of benzene rings is 1. The molecule has 0 amide bonds. The van der Waals surface area contributed by atoms with E-state index in [1.54, 1.807) is 11.3 Å². The van der Waals surface area contributed by atoms with Gasteiger partial charge in [0.15, 0.2) is 0 Å². The molecule has 0 saturated carbocycles. The van der Waals surface area contributed by atoms with Crippen LogP contribution in [0.15, 0.2) is 34.9 Å². The van der Waals surface area contributed by atoms with Gasteiger partial charge < -0.3 is 5.73 Å². The third-order valence-electron chi connectivity index (χ3n) is 2.28. The number of halogens is 1. The van der Waals surface area contributed by atoms with E-state index >= 15 is 0 Å². The number of aryl methyl sites for hydroxylation is 1. The summed E-state index contributed by atoms with van der Waals surface area (Å²) in [6.07, 6.45) is 3.94. The quantitative estimate of drug-likeness (QED) is 0.938. The summed E-state index contributed by atoms with van der Waals surface area (Å²) in [5.41, 5.74) is 6.70. The van der Waals surface area contributed by atoms with E-state index in [0.29, 0.717) is 0 Å². The summed E-state index contributed by atoms with van der Waals surface area (Å²) in [6, 6.07) is 8.30. The van der Waals surface area contributed by atoms with Gasteiger partial charge in [-0.1, -0.05) is 28.1 Å². The van der Waals surface area contributed by atoms with Crippen LogP contribution in [0, 0.1) is 0 Å². The molecular weight excluding hydrogens is 284 g/mol. The first-order chi connectivity index (χ1) is 7.79. The van der Waals surface area contributed by atoms with Crippen molar-refractivity contribution in [3.8, 4) is 10.4 Å². The van der Waals surface area contributed by atoms with E-state index in [0.717, 1.165) is 23.9 Å². The molecule has 1 heterocycles. The molecule has 2 rings (SSSR count). The fourth-order valence-electron chi connectivity index (χ4n) is 1.43. The molecule has 84 valence electrons. The molecule has 2 N–H and O–H groups in total. The first-order valence-electron chi connectivity index (χ1n) is 5.20. The summed E-state index contributed by atoms with van der Waals surface area (Å²) in [4.78, 5) is 5.63. The second-order valence-corrected chi connectivity index (χ2v) is 5.55. The lowest BCUT2D eigenvalue weighted by Crippen LogP contribution is -1.99. The van der Waals surface area contributed by atoms with Gasteiger partial charge in [-0.15, -0.1) is 11.3 Å². The summed E-state index contributed by atoms with van der Waals surface area (Å²) in [6.45, 7) is 0.729. The van der Waals surface area contributed by atoms with Gasteiger partial charge in [0, 0.05) is 17.1 Å². The molecule has 2 aromatic rings. The number of hydrogen-bond donors (Lipinski definition) is 1. The van der Waals surface area contributed by atoms with Gasteiger partial charge in [0.2, 0.25) is 0 Å². The SMILES string of the molecule is NCCCc1ncc(-c2ccc(Br)cc2)s1. The van der Waals surface area contributed by atoms with Crippen molar-refractivity contribution in [2.75, 3.05) is 6.54 Å². The Bertz CT molecular complexity index is 450. The van der Waals surface area contributed by atoms with Crippen LogP contribution in [0.4, 0.5) is 0 Å². The molecule has 2 nitrogen and oxygen atoms in total. The molecule has 1 aromatic heterocycles. The molecule has 0 aliphatic rings. The van der Waals surface area contributed by atoms with Crippen LogP contribution in [0.5, 0.6) is 0 Å². The molecule has 0 radical (unpaired) electrons. The van der Waals surface area contributed by atoms with E-state index in [1.165, 1.54) is 15.4 Å². The zero-order chi connectivity index (χ0) is 11.4. The van der Waals surface area contributed by atoms with Crippen LogP contribution in [0.2, 0.25) is 0 Å². The maximum Gasteiger partial charge on any atom is 0.0931 e. The minimum atomic E-state index is 0.729. The smallest absolute Gasteiger partial charge is 0.0931 e. The first-order valence-corrected chi connectivity index (χ1v) is 6.81. The monoisotopic (exact) mass is 296 g/mol. The minimum absolute atomic E-state index is 0.729. The van der Waals surface area contributed by atoms with Gasteiger partial charge in [-0.25, -0.2) is 4.98 Å². The number of nitrogens with zero attached hydrogens (tertiary/aromatic N) is 1. The Labute approximate surface area is 108 Å². The molecule has 0 aliphatic heterocycles. The highest BCUT2D eigenvalue weighted by atomic mass is 79.9. The highest BCUT2D eigenvalue weighted by Gasteiger charge is 2.03. The van der Waals surface area contributed by atoms with Crippen molar-refractivity contribution < 1.29 is 0 Å². The van der Waals surface area contributed by atoms with Gasteiger partial charge in [0.05, 0.1) is 9.88 Å². The Kier molecular flexibility index (Phi) is 4.09.